The Labute approximate surface area is 84.9 Å². The van der Waals surface area contributed by atoms with Gasteiger partial charge in [0.2, 0.25) is 0 Å². The second-order valence-corrected chi connectivity index (χ2v) is 3.40. The Balaban J connectivity index is 3.25. The average Bonchev–Trinajstić information content (AvgIpc) is 2.16. The molecule has 1 aromatic carbocycles. The van der Waals surface area contributed by atoms with Gasteiger partial charge in [-0.3, -0.25) is 0 Å². The number of phenolic OH excluding ortho intramolecular Hbond substituents is 1. The van der Waals surface area contributed by atoms with Crippen LogP contribution in [0.15, 0.2) is 12.1 Å². The van der Waals surface area contributed by atoms with E-state index >= 15 is 0 Å². The summed E-state index contributed by atoms with van der Waals surface area (Å²) in [6, 6.07) is 3.61. The third kappa shape index (κ3) is 1.92. The molecule has 0 radical (unpaired) electrons. The summed E-state index contributed by atoms with van der Waals surface area (Å²) in [5.74, 6) is 1.000. The van der Waals surface area contributed by atoms with Crippen molar-refractivity contribution >= 4 is 5.69 Å². The molecule has 0 saturated heterocycles. The summed E-state index contributed by atoms with van der Waals surface area (Å²) in [6.45, 7) is 2.01. The Morgan fingerprint density at radius 2 is 2.00 bits per heavy atom. The van der Waals surface area contributed by atoms with Crippen LogP contribution in [0.25, 0.3) is 0 Å². The number of nitrogens with zero attached hydrogens (tertiary/aromatic N) is 1. The predicted octanol–water partition coefficient (Wildman–Crippen LogP) is 2.03. The molecule has 3 nitrogen and oxygen atoms in total. The van der Waals surface area contributed by atoms with E-state index in [0.29, 0.717) is 11.5 Å². The van der Waals surface area contributed by atoms with Gasteiger partial charge in [0.1, 0.15) is 11.5 Å². The first-order valence-electron chi connectivity index (χ1n) is 4.67. The van der Waals surface area contributed by atoms with Crippen molar-refractivity contribution in [2.75, 3.05) is 26.1 Å². The SMILES string of the molecule is CCc1cc(N(C)C)c(OC)cc1O. The van der Waals surface area contributed by atoms with Gasteiger partial charge in [-0.2, -0.15) is 0 Å². The number of anilines is 1. The zero-order valence-electron chi connectivity index (χ0n) is 9.16. The minimum Gasteiger partial charge on any atom is -0.508 e. The number of hydrogen-bond acceptors (Lipinski definition) is 3. The zero-order valence-corrected chi connectivity index (χ0v) is 9.16. The molecule has 0 aliphatic rings. The smallest absolute Gasteiger partial charge is 0.145 e. The van der Waals surface area contributed by atoms with Crippen LogP contribution in [0.4, 0.5) is 5.69 Å². The Morgan fingerprint density at radius 3 is 2.43 bits per heavy atom. The van der Waals surface area contributed by atoms with Crippen molar-refractivity contribution in [3.63, 3.8) is 0 Å². The highest BCUT2D eigenvalue weighted by Crippen LogP contribution is 2.33. The third-order valence-corrected chi connectivity index (χ3v) is 2.24. The first-order valence-corrected chi connectivity index (χ1v) is 4.67. The van der Waals surface area contributed by atoms with E-state index in [4.69, 9.17) is 4.74 Å². The average molecular weight is 195 g/mol. The molecule has 0 amide bonds. The largest absolute Gasteiger partial charge is 0.508 e. The summed E-state index contributed by atoms with van der Waals surface area (Å²) < 4.78 is 5.19. The molecule has 3 heteroatoms. The second-order valence-electron chi connectivity index (χ2n) is 3.40. The van der Waals surface area contributed by atoms with Crippen LogP contribution < -0.4 is 9.64 Å². The van der Waals surface area contributed by atoms with Crippen molar-refractivity contribution in [2.45, 2.75) is 13.3 Å². The molecular weight excluding hydrogens is 178 g/mol. The van der Waals surface area contributed by atoms with E-state index in [2.05, 4.69) is 0 Å². The highest BCUT2D eigenvalue weighted by atomic mass is 16.5. The lowest BCUT2D eigenvalue weighted by atomic mass is 10.1. The standard InChI is InChI=1S/C11H17NO2/c1-5-8-6-9(12(2)3)11(14-4)7-10(8)13/h6-7,13H,5H2,1-4H3. The minimum absolute atomic E-state index is 0.301. The molecule has 1 aromatic rings. The van der Waals surface area contributed by atoms with E-state index in [1.54, 1.807) is 13.2 Å². The molecule has 78 valence electrons. The fourth-order valence-corrected chi connectivity index (χ4v) is 1.40. The van der Waals surface area contributed by atoms with Crippen LogP contribution in [0.5, 0.6) is 11.5 Å². The molecule has 14 heavy (non-hydrogen) atoms. The molecule has 0 heterocycles. The normalized spacial score (nSPS) is 10.0. The highest BCUT2D eigenvalue weighted by Gasteiger charge is 2.09. The fraction of sp³-hybridized carbons (Fsp3) is 0.455. The summed E-state index contributed by atoms with van der Waals surface area (Å²) in [7, 11) is 5.51. The van der Waals surface area contributed by atoms with Crippen LogP contribution >= 0.6 is 0 Å². The van der Waals surface area contributed by atoms with Crippen molar-refractivity contribution in [1.82, 2.24) is 0 Å². The summed E-state index contributed by atoms with van der Waals surface area (Å²) in [5, 5.41) is 9.63. The van der Waals surface area contributed by atoms with Crippen molar-refractivity contribution in [2.24, 2.45) is 0 Å². The lowest BCUT2D eigenvalue weighted by Gasteiger charge is -2.18. The molecule has 0 aromatic heterocycles. The number of aromatic hydroxyl groups is 1. The Bertz CT molecular complexity index is 321. The van der Waals surface area contributed by atoms with Crippen LogP contribution in [-0.2, 0) is 6.42 Å². The van der Waals surface area contributed by atoms with Gasteiger partial charge in [0.25, 0.3) is 0 Å². The van der Waals surface area contributed by atoms with Crippen LogP contribution in [0.3, 0.4) is 0 Å². The van der Waals surface area contributed by atoms with Gasteiger partial charge in [0.15, 0.2) is 0 Å². The van der Waals surface area contributed by atoms with Gasteiger partial charge in [0.05, 0.1) is 12.8 Å². The van der Waals surface area contributed by atoms with E-state index in [-0.39, 0.29) is 0 Å². The van der Waals surface area contributed by atoms with Gasteiger partial charge in [0, 0.05) is 20.2 Å². The van der Waals surface area contributed by atoms with Gasteiger partial charge in [-0.25, -0.2) is 0 Å². The van der Waals surface area contributed by atoms with Crippen molar-refractivity contribution in [1.29, 1.82) is 0 Å². The number of ether oxygens (including phenoxy) is 1. The monoisotopic (exact) mass is 195 g/mol. The highest BCUT2D eigenvalue weighted by molar-refractivity contribution is 5.62. The van der Waals surface area contributed by atoms with E-state index in [1.807, 2.05) is 32.0 Å². The molecule has 0 saturated carbocycles. The van der Waals surface area contributed by atoms with Crippen LogP contribution in [-0.4, -0.2) is 26.3 Å². The van der Waals surface area contributed by atoms with Gasteiger partial charge < -0.3 is 14.7 Å². The molecule has 1 rings (SSSR count). The minimum atomic E-state index is 0.301. The number of aryl methyl sites for hydroxylation is 1. The Morgan fingerprint density at radius 1 is 1.36 bits per heavy atom. The van der Waals surface area contributed by atoms with Gasteiger partial charge >= 0.3 is 0 Å². The molecule has 0 bridgehead atoms. The number of rotatable bonds is 3. The molecule has 0 atom stereocenters. The Hall–Kier alpha value is -1.38. The van der Waals surface area contributed by atoms with Crippen molar-refractivity contribution in [3.05, 3.63) is 17.7 Å². The van der Waals surface area contributed by atoms with Gasteiger partial charge in [-0.1, -0.05) is 6.92 Å². The number of benzene rings is 1. The molecule has 0 spiro atoms. The second kappa shape index (κ2) is 4.22. The topological polar surface area (TPSA) is 32.7 Å². The number of phenols is 1. The molecular formula is C11H17NO2. The summed E-state index contributed by atoms with van der Waals surface area (Å²) in [5.41, 5.74) is 1.93. The molecule has 1 N–H and O–H groups in total. The maximum Gasteiger partial charge on any atom is 0.145 e. The number of hydrogen-bond donors (Lipinski definition) is 1. The first-order chi connectivity index (χ1) is 6.60. The maximum absolute atomic E-state index is 9.63. The summed E-state index contributed by atoms with van der Waals surface area (Å²) in [4.78, 5) is 1.97. The number of methoxy groups -OCH3 is 1. The predicted molar refractivity (Wildman–Crippen MR) is 58.4 cm³/mol. The van der Waals surface area contributed by atoms with E-state index in [0.717, 1.165) is 17.7 Å². The van der Waals surface area contributed by atoms with Crippen LogP contribution in [0, 0.1) is 0 Å². The lowest BCUT2D eigenvalue weighted by Crippen LogP contribution is -2.10. The van der Waals surface area contributed by atoms with E-state index in [1.165, 1.54) is 0 Å². The van der Waals surface area contributed by atoms with E-state index < -0.39 is 0 Å². The third-order valence-electron chi connectivity index (χ3n) is 2.24. The van der Waals surface area contributed by atoms with E-state index in [9.17, 15) is 5.11 Å². The summed E-state index contributed by atoms with van der Waals surface area (Å²) in [6.07, 6.45) is 0.816. The molecule has 0 aliphatic heterocycles. The van der Waals surface area contributed by atoms with Crippen LogP contribution in [0.1, 0.15) is 12.5 Å². The lowest BCUT2D eigenvalue weighted by molar-refractivity contribution is 0.407. The maximum atomic E-state index is 9.63. The zero-order chi connectivity index (χ0) is 10.7. The quantitative estimate of drug-likeness (QED) is 0.801. The first kappa shape index (κ1) is 10.7. The van der Waals surface area contributed by atoms with Gasteiger partial charge in [-0.15, -0.1) is 0 Å². The molecule has 0 unspecified atom stereocenters. The summed E-state index contributed by atoms with van der Waals surface area (Å²) >= 11 is 0. The van der Waals surface area contributed by atoms with Crippen molar-refractivity contribution in [3.8, 4) is 11.5 Å². The molecule has 0 fully saturated rings. The molecule has 0 aliphatic carbocycles. The Kier molecular flexibility index (Phi) is 3.23. The van der Waals surface area contributed by atoms with Gasteiger partial charge in [-0.05, 0) is 18.1 Å². The van der Waals surface area contributed by atoms with Crippen molar-refractivity contribution < 1.29 is 9.84 Å². The van der Waals surface area contributed by atoms with Crippen LogP contribution in [0.2, 0.25) is 0 Å². The fourth-order valence-electron chi connectivity index (χ4n) is 1.40.